The Kier molecular flexibility index (Phi) is 3.99. The van der Waals surface area contributed by atoms with Crippen molar-refractivity contribution in [2.75, 3.05) is 11.9 Å². The normalized spacial score (nSPS) is 12.1. The fraction of sp³-hybridized carbons (Fsp3) is 0.214. The van der Waals surface area contributed by atoms with E-state index in [1.54, 1.807) is 0 Å². The molecule has 1 aromatic carbocycles. The summed E-state index contributed by atoms with van der Waals surface area (Å²) in [6.07, 6.45) is 1.84. The Morgan fingerprint density at radius 3 is 2.59 bits per heavy atom. The van der Waals surface area contributed by atoms with Gasteiger partial charge in [0.25, 0.3) is 0 Å². The fourth-order valence-corrected chi connectivity index (χ4v) is 1.77. The molecule has 88 valence electrons. The zero-order chi connectivity index (χ0) is 12.1. The molecule has 0 fully saturated rings. The summed E-state index contributed by atoms with van der Waals surface area (Å²) in [5.74, 6) is 0.859. The summed E-state index contributed by atoms with van der Waals surface area (Å²) in [5.41, 5.74) is 2.27. The number of nitrogens with zero attached hydrogens (tertiary/aromatic N) is 1. The maximum Gasteiger partial charge on any atom is 0.125 e. The lowest BCUT2D eigenvalue weighted by Gasteiger charge is -2.11. The van der Waals surface area contributed by atoms with Crippen molar-refractivity contribution in [1.82, 2.24) is 4.98 Å². The van der Waals surface area contributed by atoms with E-state index in [1.807, 2.05) is 55.6 Å². The minimum absolute atomic E-state index is 0.0423. The summed E-state index contributed by atoms with van der Waals surface area (Å²) in [4.78, 5) is 4.27. The molecule has 0 bridgehead atoms. The Labute approximate surface area is 107 Å². The number of hydrogen-bond donors (Lipinski definition) is 1. The first-order chi connectivity index (χ1) is 8.25. The van der Waals surface area contributed by atoms with Gasteiger partial charge in [-0.05, 0) is 24.1 Å². The van der Waals surface area contributed by atoms with Crippen LogP contribution in [0.2, 0.25) is 0 Å². The highest BCUT2D eigenvalue weighted by molar-refractivity contribution is 6.21. The number of pyridine rings is 1. The minimum Gasteiger partial charge on any atom is -0.368 e. The molecule has 0 amide bonds. The summed E-state index contributed by atoms with van der Waals surface area (Å²) in [6, 6.07) is 14.0. The number of alkyl halides is 1. The van der Waals surface area contributed by atoms with Gasteiger partial charge in [-0.3, -0.25) is 0 Å². The molecule has 1 N–H and O–H groups in total. The van der Waals surface area contributed by atoms with Crippen LogP contribution in [-0.4, -0.2) is 11.5 Å². The SMILES string of the molecule is Cc1ccc(NCC(Cl)c2ccccc2)nc1. The molecule has 2 nitrogen and oxygen atoms in total. The van der Waals surface area contributed by atoms with Crippen LogP contribution in [0.5, 0.6) is 0 Å². The largest absolute Gasteiger partial charge is 0.368 e. The number of aryl methyl sites for hydroxylation is 1. The molecule has 0 radical (unpaired) electrons. The minimum atomic E-state index is -0.0423. The number of rotatable bonds is 4. The van der Waals surface area contributed by atoms with Crippen LogP contribution < -0.4 is 5.32 Å². The first kappa shape index (κ1) is 11.9. The molecular weight excluding hydrogens is 232 g/mol. The van der Waals surface area contributed by atoms with Crippen molar-refractivity contribution in [3.05, 3.63) is 59.8 Å². The molecular formula is C14H15ClN2. The topological polar surface area (TPSA) is 24.9 Å². The van der Waals surface area contributed by atoms with Crippen LogP contribution in [0.4, 0.5) is 5.82 Å². The van der Waals surface area contributed by atoms with Crippen molar-refractivity contribution in [3.8, 4) is 0 Å². The molecule has 2 rings (SSSR count). The van der Waals surface area contributed by atoms with Crippen molar-refractivity contribution in [1.29, 1.82) is 0 Å². The van der Waals surface area contributed by atoms with Crippen molar-refractivity contribution < 1.29 is 0 Å². The van der Waals surface area contributed by atoms with Gasteiger partial charge in [-0.15, -0.1) is 11.6 Å². The van der Waals surface area contributed by atoms with Gasteiger partial charge in [-0.25, -0.2) is 4.98 Å². The number of hydrogen-bond acceptors (Lipinski definition) is 2. The molecule has 1 unspecified atom stereocenters. The zero-order valence-corrected chi connectivity index (χ0v) is 10.5. The zero-order valence-electron chi connectivity index (χ0n) is 9.73. The average molecular weight is 247 g/mol. The summed E-state index contributed by atoms with van der Waals surface area (Å²) in [6.45, 7) is 2.69. The van der Waals surface area contributed by atoms with Crippen LogP contribution in [0.1, 0.15) is 16.5 Å². The molecule has 0 aliphatic carbocycles. The molecule has 0 spiro atoms. The van der Waals surface area contributed by atoms with Gasteiger partial charge in [-0.2, -0.15) is 0 Å². The third-order valence-corrected chi connectivity index (χ3v) is 2.94. The third kappa shape index (κ3) is 3.46. The van der Waals surface area contributed by atoms with E-state index in [9.17, 15) is 0 Å². The highest BCUT2D eigenvalue weighted by Crippen LogP contribution is 2.20. The van der Waals surface area contributed by atoms with Gasteiger partial charge in [0.15, 0.2) is 0 Å². The van der Waals surface area contributed by atoms with E-state index < -0.39 is 0 Å². The van der Waals surface area contributed by atoms with Crippen LogP contribution in [0.3, 0.4) is 0 Å². The van der Waals surface area contributed by atoms with Crippen molar-refractivity contribution >= 4 is 17.4 Å². The van der Waals surface area contributed by atoms with Gasteiger partial charge in [0, 0.05) is 12.7 Å². The van der Waals surface area contributed by atoms with Gasteiger partial charge < -0.3 is 5.32 Å². The van der Waals surface area contributed by atoms with E-state index in [4.69, 9.17) is 11.6 Å². The number of halogens is 1. The van der Waals surface area contributed by atoms with Crippen molar-refractivity contribution in [2.24, 2.45) is 0 Å². The third-order valence-electron chi connectivity index (χ3n) is 2.54. The van der Waals surface area contributed by atoms with Crippen LogP contribution in [0, 0.1) is 6.92 Å². The predicted molar refractivity (Wildman–Crippen MR) is 72.5 cm³/mol. The van der Waals surface area contributed by atoms with E-state index in [1.165, 1.54) is 0 Å². The van der Waals surface area contributed by atoms with E-state index in [-0.39, 0.29) is 5.38 Å². The lowest BCUT2D eigenvalue weighted by molar-refractivity contribution is 0.966. The van der Waals surface area contributed by atoms with E-state index in [2.05, 4.69) is 10.3 Å². The van der Waals surface area contributed by atoms with Crippen molar-refractivity contribution in [3.63, 3.8) is 0 Å². The van der Waals surface area contributed by atoms with Crippen LogP contribution in [0.25, 0.3) is 0 Å². The number of aromatic nitrogens is 1. The Bertz CT molecular complexity index is 453. The molecule has 17 heavy (non-hydrogen) atoms. The second-order valence-corrected chi connectivity index (χ2v) is 4.51. The number of nitrogens with one attached hydrogen (secondary N) is 1. The van der Waals surface area contributed by atoms with E-state index in [0.29, 0.717) is 6.54 Å². The summed E-state index contributed by atoms with van der Waals surface area (Å²) in [7, 11) is 0. The maximum absolute atomic E-state index is 6.30. The molecule has 0 saturated carbocycles. The lowest BCUT2D eigenvalue weighted by atomic mass is 10.1. The van der Waals surface area contributed by atoms with Crippen LogP contribution in [-0.2, 0) is 0 Å². The molecule has 1 atom stereocenters. The van der Waals surface area contributed by atoms with Crippen molar-refractivity contribution in [2.45, 2.75) is 12.3 Å². The number of anilines is 1. The average Bonchev–Trinajstić information content (AvgIpc) is 2.39. The Balaban J connectivity index is 1.92. The molecule has 1 aromatic heterocycles. The van der Waals surface area contributed by atoms with Gasteiger partial charge >= 0.3 is 0 Å². The Hall–Kier alpha value is -1.54. The van der Waals surface area contributed by atoms with Crippen LogP contribution >= 0.6 is 11.6 Å². The Morgan fingerprint density at radius 2 is 1.94 bits per heavy atom. The standard InChI is InChI=1S/C14H15ClN2/c1-11-7-8-14(16-9-11)17-10-13(15)12-5-3-2-4-6-12/h2-9,13H,10H2,1H3,(H,16,17). The quantitative estimate of drug-likeness (QED) is 0.831. The second kappa shape index (κ2) is 5.69. The van der Waals surface area contributed by atoms with E-state index in [0.717, 1.165) is 16.9 Å². The molecule has 0 aliphatic rings. The highest BCUT2D eigenvalue weighted by atomic mass is 35.5. The van der Waals surface area contributed by atoms with Gasteiger partial charge in [0.2, 0.25) is 0 Å². The van der Waals surface area contributed by atoms with Gasteiger partial charge in [0.1, 0.15) is 5.82 Å². The summed E-state index contributed by atoms with van der Waals surface area (Å²) < 4.78 is 0. The Morgan fingerprint density at radius 1 is 1.18 bits per heavy atom. The second-order valence-electron chi connectivity index (χ2n) is 3.98. The monoisotopic (exact) mass is 246 g/mol. The molecule has 0 saturated heterocycles. The first-order valence-corrected chi connectivity index (χ1v) is 6.05. The highest BCUT2D eigenvalue weighted by Gasteiger charge is 2.06. The molecule has 2 aromatic rings. The van der Waals surface area contributed by atoms with E-state index >= 15 is 0 Å². The lowest BCUT2D eigenvalue weighted by Crippen LogP contribution is -2.08. The molecule has 1 heterocycles. The summed E-state index contributed by atoms with van der Waals surface area (Å²) in [5, 5.41) is 3.18. The smallest absolute Gasteiger partial charge is 0.125 e. The van der Waals surface area contributed by atoms with Crippen LogP contribution in [0.15, 0.2) is 48.7 Å². The number of benzene rings is 1. The van der Waals surface area contributed by atoms with Gasteiger partial charge in [0.05, 0.1) is 5.38 Å². The molecule has 3 heteroatoms. The predicted octanol–water partition coefficient (Wildman–Crippen LogP) is 3.78. The molecule has 0 aliphatic heterocycles. The van der Waals surface area contributed by atoms with Gasteiger partial charge in [-0.1, -0.05) is 36.4 Å². The summed E-state index contributed by atoms with van der Waals surface area (Å²) >= 11 is 6.30. The fourth-order valence-electron chi connectivity index (χ4n) is 1.55. The maximum atomic E-state index is 6.30. The first-order valence-electron chi connectivity index (χ1n) is 5.61.